The first kappa shape index (κ1) is 19.6. The highest BCUT2D eigenvalue weighted by atomic mass is 16.5. The quantitative estimate of drug-likeness (QED) is 0.623. The minimum Gasteiger partial charge on any atom is -0.481 e. The van der Waals surface area contributed by atoms with Crippen molar-refractivity contribution in [3.8, 4) is 5.88 Å². The molecule has 1 N–H and O–H groups in total. The molecule has 4 rings (SSSR count). The van der Waals surface area contributed by atoms with E-state index < -0.39 is 0 Å². The van der Waals surface area contributed by atoms with Gasteiger partial charge in [0.25, 0.3) is 0 Å². The Labute approximate surface area is 173 Å². The van der Waals surface area contributed by atoms with Crippen LogP contribution in [-0.4, -0.2) is 28.1 Å². The molecule has 0 saturated heterocycles. The van der Waals surface area contributed by atoms with E-state index in [1.54, 1.807) is 7.11 Å². The van der Waals surface area contributed by atoms with Crippen LogP contribution in [0.3, 0.4) is 0 Å². The van der Waals surface area contributed by atoms with Crippen LogP contribution in [0.2, 0.25) is 0 Å². The lowest BCUT2D eigenvalue weighted by atomic mass is 9.80. The van der Waals surface area contributed by atoms with Crippen LogP contribution in [-0.2, 0) is 6.42 Å². The Hall–Kier alpha value is -2.69. The fraction of sp³-hybridized carbons (Fsp3) is 0.458. The number of hydrogen-bond donors (Lipinski definition) is 1. The summed E-state index contributed by atoms with van der Waals surface area (Å²) in [6.45, 7) is 4.69. The van der Waals surface area contributed by atoms with Gasteiger partial charge in [-0.1, -0.05) is 19.9 Å². The van der Waals surface area contributed by atoms with Crippen molar-refractivity contribution in [2.24, 2.45) is 11.8 Å². The summed E-state index contributed by atoms with van der Waals surface area (Å²) in [6.07, 6.45) is 11.4. The highest BCUT2D eigenvalue weighted by Gasteiger charge is 2.24. The number of anilines is 1. The lowest BCUT2D eigenvalue weighted by molar-refractivity contribution is 0.267. The first-order chi connectivity index (χ1) is 14.1. The number of fused-ring (bicyclic) bond motifs is 1. The standard InChI is InChI=1S/C24H30N4O/c1-16(2)18-7-9-20(10-8-18)28-24-21-5-4-12-25-23(21)19(15-27-24)13-17-6-11-22(29-3)26-14-17/h4-6,11-12,14-16,18,20H,7-10,13H2,1-3H3,(H,27,28). The molecular weight excluding hydrogens is 360 g/mol. The molecule has 0 bridgehead atoms. The zero-order chi connectivity index (χ0) is 20.2. The molecule has 0 aliphatic heterocycles. The monoisotopic (exact) mass is 390 g/mol. The van der Waals surface area contributed by atoms with E-state index in [1.165, 1.54) is 25.7 Å². The predicted octanol–water partition coefficient (Wildman–Crippen LogP) is 5.25. The van der Waals surface area contributed by atoms with Crippen molar-refractivity contribution in [2.45, 2.75) is 52.0 Å². The molecule has 29 heavy (non-hydrogen) atoms. The van der Waals surface area contributed by atoms with Crippen LogP contribution in [0.25, 0.3) is 10.9 Å². The van der Waals surface area contributed by atoms with Crippen molar-refractivity contribution >= 4 is 16.7 Å². The third-order valence-corrected chi connectivity index (χ3v) is 6.17. The molecule has 0 aromatic carbocycles. The summed E-state index contributed by atoms with van der Waals surface area (Å²) >= 11 is 0. The molecule has 3 aromatic rings. The summed E-state index contributed by atoms with van der Waals surface area (Å²) in [4.78, 5) is 13.8. The molecule has 1 aliphatic rings. The molecule has 1 saturated carbocycles. The first-order valence-corrected chi connectivity index (χ1v) is 10.6. The molecule has 3 heterocycles. The van der Waals surface area contributed by atoms with E-state index in [1.807, 2.05) is 36.8 Å². The van der Waals surface area contributed by atoms with E-state index in [0.717, 1.165) is 46.1 Å². The normalized spacial score (nSPS) is 19.4. The van der Waals surface area contributed by atoms with Crippen molar-refractivity contribution in [2.75, 3.05) is 12.4 Å². The van der Waals surface area contributed by atoms with Gasteiger partial charge < -0.3 is 10.1 Å². The Morgan fingerprint density at radius 3 is 2.55 bits per heavy atom. The molecule has 0 unspecified atom stereocenters. The van der Waals surface area contributed by atoms with E-state index in [9.17, 15) is 0 Å². The highest BCUT2D eigenvalue weighted by Crippen LogP contribution is 2.32. The summed E-state index contributed by atoms with van der Waals surface area (Å²) in [5.74, 6) is 3.23. The number of ether oxygens (including phenoxy) is 1. The first-order valence-electron chi connectivity index (χ1n) is 10.6. The molecule has 0 amide bonds. The van der Waals surface area contributed by atoms with Crippen LogP contribution < -0.4 is 10.1 Å². The number of aromatic nitrogens is 3. The van der Waals surface area contributed by atoms with Crippen LogP contribution >= 0.6 is 0 Å². The van der Waals surface area contributed by atoms with Crippen LogP contribution in [0.15, 0.2) is 42.9 Å². The van der Waals surface area contributed by atoms with Crippen LogP contribution in [0.5, 0.6) is 5.88 Å². The summed E-state index contributed by atoms with van der Waals surface area (Å²) in [6, 6.07) is 8.54. The fourth-order valence-electron chi connectivity index (χ4n) is 4.35. The van der Waals surface area contributed by atoms with E-state index >= 15 is 0 Å². The van der Waals surface area contributed by atoms with E-state index in [4.69, 9.17) is 9.72 Å². The van der Waals surface area contributed by atoms with Gasteiger partial charge in [0.15, 0.2) is 0 Å². The lowest BCUT2D eigenvalue weighted by Gasteiger charge is -2.31. The summed E-state index contributed by atoms with van der Waals surface area (Å²) in [5.41, 5.74) is 3.24. The topological polar surface area (TPSA) is 59.9 Å². The van der Waals surface area contributed by atoms with Gasteiger partial charge in [0.1, 0.15) is 5.82 Å². The maximum atomic E-state index is 5.15. The molecule has 1 aliphatic carbocycles. The number of rotatable bonds is 6. The summed E-state index contributed by atoms with van der Waals surface area (Å²) in [7, 11) is 1.63. The van der Waals surface area contributed by atoms with Gasteiger partial charge in [0.05, 0.1) is 12.6 Å². The number of hydrogen-bond acceptors (Lipinski definition) is 5. The number of nitrogens with zero attached hydrogens (tertiary/aromatic N) is 3. The Bertz CT molecular complexity index is 947. The predicted molar refractivity (Wildman–Crippen MR) is 117 cm³/mol. The molecule has 0 atom stereocenters. The minimum atomic E-state index is 0.498. The largest absolute Gasteiger partial charge is 0.481 e. The summed E-state index contributed by atoms with van der Waals surface area (Å²) in [5, 5.41) is 4.80. The van der Waals surface area contributed by atoms with Gasteiger partial charge in [-0.05, 0) is 55.2 Å². The van der Waals surface area contributed by atoms with Gasteiger partial charge in [-0.25, -0.2) is 9.97 Å². The average molecular weight is 391 g/mol. The molecule has 5 heteroatoms. The third-order valence-electron chi connectivity index (χ3n) is 6.17. The van der Waals surface area contributed by atoms with Crippen molar-refractivity contribution in [1.82, 2.24) is 15.0 Å². The van der Waals surface area contributed by atoms with Gasteiger partial charge in [-0.15, -0.1) is 0 Å². The molecule has 3 aromatic heterocycles. The van der Waals surface area contributed by atoms with E-state index in [2.05, 4.69) is 35.2 Å². The SMILES string of the molecule is COc1ccc(Cc2cnc(NC3CCC(C(C)C)CC3)c3cccnc23)cn1. The maximum Gasteiger partial charge on any atom is 0.212 e. The number of pyridine rings is 3. The highest BCUT2D eigenvalue weighted by molar-refractivity contribution is 5.91. The van der Waals surface area contributed by atoms with Gasteiger partial charge in [0.2, 0.25) is 5.88 Å². The van der Waals surface area contributed by atoms with Crippen molar-refractivity contribution in [1.29, 1.82) is 0 Å². The molecule has 152 valence electrons. The zero-order valence-corrected chi connectivity index (χ0v) is 17.6. The minimum absolute atomic E-state index is 0.498. The summed E-state index contributed by atoms with van der Waals surface area (Å²) < 4.78 is 5.15. The lowest BCUT2D eigenvalue weighted by Crippen LogP contribution is -2.28. The van der Waals surface area contributed by atoms with E-state index in [0.29, 0.717) is 11.9 Å². The Balaban J connectivity index is 1.54. The van der Waals surface area contributed by atoms with Crippen LogP contribution in [0.4, 0.5) is 5.82 Å². The van der Waals surface area contributed by atoms with Gasteiger partial charge in [-0.3, -0.25) is 4.98 Å². The van der Waals surface area contributed by atoms with Crippen molar-refractivity contribution in [3.63, 3.8) is 0 Å². The third kappa shape index (κ3) is 4.50. The molecular formula is C24H30N4O. The van der Waals surface area contributed by atoms with Gasteiger partial charge in [-0.2, -0.15) is 0 Å². The molecule has 0 radical (unpaired) electrons. The molecule has 5 nitrogen and oxygen atoms in total. The molecule has 0 spiro atoms. The van der Waals surface area contributed by atoms with Gasteiger partial charge >= 0.3 is 0 Å². The Morgan fingerprint density at radius 2 is 1.86 bits per heavy atom. The fourth-order valence-corrected chi connectivity index (χ4v) is 4.35. The average Bonchev–Trinajstić information content (AvgIpc) is 2.76. The Kier molecular flexibility index (Phi) is 5.93. The second-order valence-electron chi connectivity index (χ2n) is 8.42. The zero-order valence-electron chi connectivity index (χ0n) is 17.6. The van der Waals surface area contributed by atoms with Crippen LogP contribution in [0.1, 0.15) is 50.7 Å². The second-order valence-corrected chi connectivity index (χ2v) is 8.42. The molecule has 1 fully saturated rings. The van der Waals surface area contributed by atoms with Crippen LogP contribution in [0, 0.1) is 11.8 Å². The smallest absolute Gasteiger partial charge is 0.212 e. The number of nitrogens with one attached hydrogen (secondary N) is 1. The van der Waals surface area contributed by atoms with Gasteiger partial charge in [0, 0.05) is 48.1 Å². The van der Waals surface area contributed by atoms with Crippen molar-refractivity contribution in [3.05, 3.63) is 54.0 Å². The Morgan fingerprint density at radius 1 is 1.03 bits per heavy atom. The maximum absolute atomic E-state index is 5.15. The van der Waals surface area contributed by atoms with Crippen molar-refractivity contribution < 1.29 is 4.74 Å². The second kappa shape index (κ2) is 8.76. The number of methoxy groups -OCH3 is 1. The van der Waals surface area contributed by atoms with E-state index in [-0.39, 0.29) is 0 Å².